The highest BCUT2D eigenvalue weighted by Crippen LogP contribution is 1.79. The number of methoxy groups -OCH3 is 1. The van der Waals surface area contributed by atoms with Gasteiger partial charge in [0.25, 0.3) is 0 Å². The number of rotatable bonds is 10. The van der Waals surface area contributed by atoms with E-state index in [9.17, 15) is 4.79 Å². The molecule has 90 valence electrons. The average Bonchev–Trinajstić information content (AvgIpc) is 2.23. The zero-order valence-electron chi connectivity index (χ0n) is 9.67. The second-order valence-electron chi connectivity index (χ2n) is 3.07. The number of nitrogens with one attached hydrogen (secondary N) is 2. The quantitative estimate of drug-likeness (QED) is 0.497. The lowest BCUT2D eigenvalue weighted by Gasteiger charge is -2.06. The third-order valence-corrected chi connectivity index (χ3v) is 1.76. The summed E-state index contributed by atoms with van der Waals surface area (Å²) in [5.41, 5.74) is 0. The van der Waals surface area contributed by atoms with Crippen LogP contribution in [0.5, 0.6) is 0 Å². The number of amides is 1. The fraction of sp³-hybridized carbons (Fsp3) is 0.900. The zero-order chi connectivity index (χ0) is 11.4. The Morgan fingerprint density at radius 2 is 2.07 bits per heavy atom. The van der Waals surface area contributed by atoms with E-state index in [1.165, 1.54) is 0 Å². The molecule has 0 aliphatic rings. The van der Waals surface area contributed by atoms with Crippen LogP contribution in [0, 0.1) is 0 Å². The molecule has 0 aliphatic carbocycles. The van der Waals surface area contributed by atoms with Crippen LogP contribution in [0.1, 0.15) is 13.3 Å². The van der Waals surface area contributed by atoms with Gasteiger partial charge in [-0.25, -0.2) is 0 Å². The Bertz CT molecular complexity index is 154. The summed E-state index contributed by atoms with van der Waals surface area (Å²) in [7, 11) is 1.61. The number of hydrogen-bond acceptors (Lipinski definition) is 4. The fourth-order valence-electron chi connectivity index (χ4n) is 1.00. The summed E-state index contributed by atoms with van der Waals surface area (Å²) in [5.74, 6) is 0.00320. The van der Waals surface area contributed by atoms with E-state index in [1.807, 2.05) is 6.92 Å². The normalized spacial score (nSPS) is 10.3. The molecule has 5 heteroatoms. The first-order valence-electron chi connectivity index (χ1n) is 5.35. The summed E-state index contributed by atoms with van der Waals surface area (Å²) >= 11 is 0. The molecular formula is C10H22N2O3. The van der Waals surface area contributed by atoms with Crippen LogP contribution in [0.15, 0.2) is 0 Å². The maximum atomic E-state index is 11.1. The molecule has 1 amide bonds. The first kappa shape index (κ1) is 14.3. The van der Waals surface area contributed by atoms with E-state index in [0.717, 1.165) is 26.2 Å². The van der Waals surface area contributed by atoms with Gasteiger partial charge in [0.05, 0.1) is 13.2 Å². The molecule has 0 heterocycles. The number of ether oxygens (including phenoxy) is 2. The molecule has 5 nitrogen and oxygen atoms in total. The fourth-order valence-corrected chi connectivity index (χ4v) is 1.00. The number of carbonyl (C=O) groups is 1. The standard InChI is InChI=1S/C10H22N2O3/c1-3-15-7-4-5-11-9-10(13)12-6-8-14-2/h11H,3-9H2,1-2H3,(H,12,13). The Labute approximate surface area is 91.5 Å². The maximum absolute atomic E-state index is 11.1. The van der Waals surface area contributed by atoms with E-state index >= 15 is 0 Å². The Morgan fingerprint density at radius 1 is 1.27 bits per heavy atom. The zero-order valence-corrected chi connectivity index (χ0v) is 9.67. The first-order chi connectivity index (χ1) is 7.31. The molecule has 0 aliphatic heterocycles. The first-order valence-corrected chi connectivity index (χ1v) is 5.35. The molecule has 0 saturated carbocycles. The molecule has 0 fully saturated rings. The number of carbonyl (C=O) groups excluding carboxylic acids is 1. The van der Waals surface area contributed by atoms with Crippen LogP contribution in [0.3, 0.4) is 0 Å². The largest absolute Gasteiger partial charge is 0.383 e. The molecule has 0 bridgehead atoms. The SMILES string of the molecule is CCOCCCNCC(=O)NCCOC. The van der Waals surface area contributed by atoms with Crippen molar-refractivity contribution in [2.75, 3.05) is 46.6 Å². The lowest BCUT2D eigenvalue weighted by Crippen LogP contribution is -2.36. The van der Waals surface area contributed by atoms with Gasteiger partial charge in [-0.3, -0.25) is 4.79 Å². The van der Waals surface area contributed by atoms with Crippen LogP contribution in [0.25, 0.3) is 0 Å². The predicted octanol–water partition coefficient (Wildman–Crippen LogP) is -0.235. The van der Waals surface area contributed by atoms with Crippen molar-refractivity contribution in [2.45, 2.75) is 13.3 Å². The van der Waals surface area contributed by atoms with E-state index in [2.05, 4.69) is 10.6 Å². The van der Waals surface area contributed by atoms with E-state index in [0.29, 0.717) is 19.7 Å². The second-order valence-corrected chi connectivity index (χ2v) is 3.07. The average molecular weight is 218 g/mol. The molecule has 0 radical (unpaired) electrons. The highest BCUT2D eigenvalue weighted by Gasteiger charge is 1.98. The Balaban J connectivity index is 3.10. The minimum absolute atomic E-state index is 0.00320. The molecule has 0 spiro atoms. The molecule has 0 rings (SSSR count). The van der Waals surface area contributed by atoms with Gasteiger partial charge in [0, 0.05) is 26.9 Å². The highest BCUT2D eigenvalue weighted by atomic mass is 16.5. The van der Waals surface area contributed by atoms with Crippen molar-refractivity contribution < 1.29 is 14.3 Å². The van der Waals surface area contributed by atoms with Crippen molar-refractivity contribution in [1.82, 2.24) is 10.6 Å². The molecule has 0 aromatic heterocycles. The molecule has 0 unspecified atom stereocenters. The smallest absolute Gasteiger partial charge is 0.234 e. The van der Waals surface area contributed by atoms with Crippen LogP contribution >= 0.6 is 0 Å². The third-order valence-electron chi connectivity index (χ3n) is 1.76. The maximum Gasteiger partial charge on any atom is 0.234 e. The molecular weight excluding hydrogens is 196 g/mol. The van der Waals surface area contributed by atoms with Gasteiger partial charge in [0.15, 0.2) is 0 Å². The van der Waals surface area contributed by atoms with Crippen molar-refractivity contribution in [3.63, 3.8) is 0 Å². The summed E-state index contributed by atoms with van der Waals surface area (Å²) in [6, 6.07) is 0. The lowest BCUT2D eigenvalue weighted by molar-refractivity contribution is -0.120. The van der Waals surface area contributed by atoms with E-state index in [1.54, 1.807) is 7.11 Å². The molecule has 2 N–H and O–H groups in total. The van der Waals surface area contributed by atoms with Crippen molar-refractivity contribution in [1.29, 1.82) is 0 Å². The van der Waals surface area contributed by atoms with E-state index in [4.69, 9.17) is 9.47 Å². The Kier molecular flexibility index (Phi) is 10.9. The predicted molar refractivity (Wildman–Crippen MR) is 58.9 cm³/mol. The molecule has 0 atom stereocenters. The van der Waals surface area contributed by atoms with Gasteiger partial charge in [-0.2, -0.15) is 0 Å². The van der Waals surface area contributed by atoms with Gasteiger partial charge in [0.1, 0.15) is 0 Å². The van der Waals surface area contributed by atoms with Crippen LogP contribution < -0.4 is 10.6 Å². The Morgan fingerprint density at radius 3 is 2.73 bits per heavy atom. The van der Waals surface area contributed by atoms with Gasteiger partial charge in [-0.1, -0.05) is 0 Å². The van der Waals surface area contributed by atoms with Crippen LogP contribution in [0.4, 0.5) is 0 Å². The molecule has 15 heavy (non-hydrogen) atoms. The number of hydrogen-bond donors (Lipinski definition) is 2. The summed E-state index contributed by atoms with van der Waals surface area (Å²) in [6.07, 6.45) is 0.930. The van der Waals surface area contributed by atoms with Crippen LogP contribution in [-0.4, -0.2) is 52.5 Å². The van der Waals surface area contributed by atoms with Gasteiger partial charge >= 0.3 is 0 Å². The van der Waals surface area contributed by atoms with Gasteiger partial charge in [-0.15, -0.1) is 0 Å². The molecule has 0 aromatic carbocycles. The van der Waals surface area contributed by atoms with Gasteiger partial charge in [0.2, 0.25) is 5.91 Å². The monoisotopic (exact) mass is 218 g/mol. The van der Waals surface area contributed by atoms with Crippen molar-refractivity contribution in [3.05, 3.63) is 0 Å². The van der Waals surface area contributed by atoms with Crippen molar-refractivity contribution in [2.24, 2.45) is 0 Å². The second kappa shape index (κ2) is 11.4. The summed E-state index contributed by atoms with van der Waals surface area (Å²) in [4.78, 5) is 11.1. The molecule has 0 aromatic rings. The van der Waals surface area contributed by atoms with E-state index in [-0.39, 0.29) is 5.91 Å². The minimum Gasteiger partial charge on any atom is -0.383 e. The summed E-state index contributed by atoms with van der Waals surface area (Å²) in [5, 5.41) is 5.77. The Hall–Kier alpha value is -0.650. The van der Waals surface area contributed by atoms with Crippen molar-refractivity contribution in [3.8, 4) is 0 Å². The van der Waals surface area contributed by atoms with Crippen molar-refractivity contribution >= 4 is 5.91 Å². The highest BCUT2D eigenvalue weighted by molar-refractivity contribution is 5.77. The minimum atomic E-state index is 0.00320. The third kappa shape index (κ3) is 11.3. The topological polar surface area (TPSA) is 59.6 Å². The van der Waals surface area contributed by atoms with Gasteiger partial charge < -0.3 is 20.1 Å². The summed E-state index contributed by atoms with van der Waals surface area (Å²) < 4.78 is 9.97. The lowest BCUT2D eigenvalue weighted by atomic mass is 10.4. The van der Waals surface area contributed by atoms with E-state index < -0.39 is 0 Å². The van der Waals surface area contributed by atoms with Crippen LogP contribution in [0.2, 0.25) is 0 Å². The van der Waals surface area contributed by atoms with Crippen LogP contribution in [-0.2, 0) is 14.3 Å². The summed E-state index contributed by atoms with van der Waals surface area (Å²) in [6.45, 7) is 5.74. The molecule has 0 saturated heterocycles. The van der Waals surface area contributed by atoms with Gasteiger partial charge in [-0.05, 0) is 19.9 Å².